The van der Waals surface area contributed by atoms with Gasteiger partial charge in [-0.15, -0.1) is 0 Å². The summed E-state index contributed by atoms with van der Waals surface area (Å²) < 4.78 is 0. The topological polar surface area (TPSA) is 112 Å². The molecule has 0 aliphatic carbocycles. The van der Waals surface area contributed by atoms with Crippen LogP contribution < -0.4 is 16.0 Å². The number of carbonyl (C=O) groups is 3. The highest BCUT2D eigenvalue weighted by molar-refractivity contribution is 6.06. The monoisotopic (exact) mass is 474 g/mol. The van der Waals surface area contributed by atoms with E-state index in [9.17, 15) is 14.4 Å². The second-order valence-electron chi connectivity index (χ2n) is 10.2. The number of amides is 3. The molecule has 1 atom stereocenters. The third kappa shape index (κ3) is 3.74. The number of nitrogens with zero attached hydrogens (tertiary/aromatic N) is 4. The van der Waals surface area contributed by atoms with Gasteiger partial charge in [0.2, 0.25) is 11.8 Å². The molecule has 3 fully saturated rings. The number of hydrogen-bond acceptors (Lipinski definition) is 7. The van der Waals surface area contributed by atoms with Gasteiger partial charge in [-0.2, -0.15) is 0 Å². The van der Waals surface area contributed by atoms with E-state index in [-0.39, 0.29) is 29.7 Å². The molecule has 182 valence electrons. The molecule has 9 heteroatoms. The van der Waals surface area contributed by atoms with Gasteiger partial charge in [-0.25, -0.2) is 4.98 Å². The highest BCUT2D eigenvalue weighted by atomic mass is 16.2. The van der Waals surface area contributed by atoms with Crippen molar-refractivity contribution in [3.05, 3.63) is 53.2 Å². The van der Waals surface area contributed by atoms with Crippen LogP contribution in [0.25, 0.3) is 0 Å². The van der Waals surface area contributed by atoms with Crippen LogP contribution in [0, 0.1) is 0 Å². The van der Waals surface area contributed by atoms with Gasteiger partial charge in [-0.3, -0.25) is 24.6 Å². The lowest BCUT2D eigenvalue weighted by Crippen LogP contribution is -2.64. The summed E-state index contributed by atoms with van der Waals surface area (Å²) in [6.45, 7) is 4.29. The van der Waals surface area contributed by atoms with Crippen molar-refractivity contribution >= 4 is 29.2 Å². The number of nitrogens with two attached hydrogens (primary N) is 1. The number of pyridine rings is 1. The van der Waals surface area contributed by atoms with E-state index in [1.54, 1.807) is 4.90 Å². The fourth-order valence-corrected chi connectivity index (χ4v) is 6.17. The summed E-state index contributed by atoms with van der Waals surface area (Å²) in [5.41, 5.74) is 9.82. The molecule has 3 saturated heterocycles. The number of aromatic nitrogens is 1. The van der Waals surface area contributed by atoms with Crippen LogP contribution in [0.15, 0.2) is 36.5 Å². The van der Waals surface area contributed by atoms with Crippen LogP contribution in [0.4, 0.5) is 11.5 Å². The van der Waals surface area contributed by atoms with E-state index in [4.69, 9.17) is 5.73 Å². The Morgan fingerprint density at radius 2 is 1.86 bits per heavy atom. The van der Waals surface area contributed by atoms with E-state index in [1.165, 1.54) is 5.56 Å². The second kappa shape index (κ2) is 8.34. The average Bonchev–Trinajstić information content (AvgIpc) is 3.18. The number of piperidine rings is 2. The summed E-state index contributed by atoms with van der Waals surface area (Å²) in [7, 11) is 0. The normalized spacial score (nSPS) is 23.9. The minimum absolute atomic E-state index is 0.113. The number of hydrogen-bond donors (Lipinski definition) is 2. The smallest absolute Gasteiger partial charge is 0.255 e. The molecule has 1 spiro atoms. The molecule has 2 aromatic rings. The number of benzene rings is 1. The molecular formula is C26H30N6O3. The zero-order chi connectivity index (χ0) is 24.2. The van der Waals surface area contributed by atoms with E-state index >= 15 is 0 Å². The summed E-state index contributed by atoms with van der Waals surface area (Å²) >= 11 is 0. The maximum absolute atomic E-state index is 13.2. The van der Waals surface area contributed by atoms with Crippen molar-refractivity contribution in [3.63, 3.8) is 0 Å². The third-order valence-electron chi connectivity index (χ3n) is 8.26. The average molecular weight is 475 g/mol. The van der Waals surface area contributed by atoms with Crippen LogP contribution >= 0.6 is 0 Å². The molecule has 3 N–H and O–H groups in total. The van der Waals surface area contributed by atoms with Gasteiger partial charge in [-0.05, 0) is 49.4 Å². The molecule has 35 heavy (non-hydrogen) atoms. The first-order valence-corrected chi connectivity index (χ1v) is 12.4. The van der Waals surface area contributed by atoms with Crippen molar-refractivity contribution < 1.29 is 14.4 Å². The van der Waals surface area contributed by atoms with E-state index in [0.717, 1.165) is 56.7 Å². The van der Waals surface area contributed by atoms with Gasteiger partial charge < -0.3 is 15.5 Å². The Morgan fingerprint density at radius 1 is 1.06 bits per heavy atom. The molecule has 0 bridgehead atoms. The SMILES string of the molecule is Nc1ccc(CN2CCC3(CC2)CCN3c2cccc3c2CN(C2CCC(=O)NC2=O)C3=O)cn1. The Hall–Kier alpha value is -3.46. The summed E-state index contributed by atoms with van der Waals surface area (Å²) in [5, 5.41) is 2.39. The van der Waals surface area contributed by atoms with Crippen LogP contribution in [0.5, 0.6) is 0 Å². The largest absolute Gasteiger partial charge is 0.384 e. The highest BCUT2D eigenvalue weighted by Crippen LogP contribution is 2.46. The Balaban J connectivity index is 1.17. The second-order valence-corrected chi connectivity index (χ2v) is 10.2. The number of fused-ring (bicyclic) bond motifs is 1. The van der Waals surface area contributed by atoms with Crippen molar-refractivity contribution in [1.82, 2.24) is 20.1 Å². The van der Waals surface area contributed by atoms with Gasteiger partial charge >= 0.3 is 0 Å². The molecule has 9 nitrogen and oxygen atoms in total. The van der Waals surface area contributed by atoms with Crippen LogP contribution in [0.3, 0.4) is 0 Å². The van der Waals surface area contributed by atoms with E-state index in [0.29, 0.717) is 24.3 Å². The molecule has 4 aliphatic rings. The molecule has 3 amide bonds. The summed E-state index contributed by atoms with van der Waals surface area (Å²) in [6, 6.07) is 9.24. The van der Waals surface area contributed by atoms with E-state index < -0.39 is 6.04 Å². The number of likely N-dealkylation sites (tertiary alicyclic amines) is 1. The lowest BCUT2D eigenvalue weighted by atomic mass is 9.75. The summed E-state index contributed by atoms with van der Waals surface area (Å²) in [4.78, 5) is 48.1. The highest BCUT2D eigenvalue weighted by Gasteiger charge is 2.48. The van der Waals surface area contributed by atoms with Crippen molar-refractivity contribution in [2.24, 2.45) is 0 Å². The van der Waals surface area contributed by atoms with Crippen LogP contribution in [0.1, 0.15) is 53.6 Å². The Morgan fingerprint density at radius 3 is 2.54 bits per heavy atom. The lowest BCUT2D eigenvalue weighted by Gasteiger charge is -2.58. The number of nitrogens with one attached hydrogen (secondary N) is 1. The first-order chi connectivity index (χ1) is 16.9. The van der Waals surface area contributed by atoms with Crippen LogP contribution in [-0.4, -0.2) is 63.7 Å². The molecule has 1 unspecified atom stereocenters. The molecule has 4 aliphatic heterocycles. The molecule has 6 rings (SSSR count). The minimum atomic E-state index is -0.586. The predicted molar refractivity (Wildman–Crippen MR) is 130 cm³/mol. The fraction of sp³-hybridized carbons (Fsp3) is 0.462. The first-order valence-electron chi connectivity index (χ1n) is 12.4. The molecule has 0 radical (unpaired) electrons. The van der Waals surface area contributed by atoms with Gasteiger partial charge in [0.15, 0.2) is 0 Å². The van der Waals surface area contributed by atoms with E-state index in [2.05, 4.69) is 26.2 Å². The molecule has 0 saturated carbocycles. The van der Waals surface area contributed by atoms with Gasteiger partial charge in [0, 0.05) is 67.7 Å². The Bertz CT molecular complexity index is 1190. The van der Waals surface area contributed by atoms with Gasteiger partial charge in [-0.1, -0.05) is 12.1 Å². The van der Waals surface area contributed by atoms with Gasteiger partial charge in [0.1, 0.15) is 11.9 Å². The number of nitrogen functional groups attached to an aromatic ring is 1. The Kier molecular flexibility index (Phi) is 5.25. The number of imide groups is 1. The van der Waals surface area contributed by atoms with E-state index in [1.807, 2.05) is 30.5 Å². The van der Waals surface area contributed by atoms with Crippen molar-refractivity contribution in [3.8, 4) is 0 Å². The maximum atomic E-state index is 13.2. The summed E-state index contributed by atoms with van der Waals surface area (Å²) in [6.07, 6.45) is 5.80. The number of rotatable bonds is 4. The molecular weight excluding hydrogens is 444 g/mol. The quantitative estimate of drug-likeness (QED) is 0.649. The van der Waals surface area contributed by atoms with Crippen molar-refractivity contribution in [2.75, 3.05) is 30.3 Å². The fourth-order valence-electron chi connectivity index (χ4n) is 6.17. The van der Waals surface area contributed by atoms with Gasteiger partial charge in [0.05, 0.1) is 0 Å². The molecule has 5 heterocycles. The van der Waals surface area contributed by atoms with Gasteiger partial charge in [0.25, 0.3) is 5.91 Å². The number of anilines is 2. The molecule has 1 aromatic heterocycles. The first kappa shape index (κ1) is 22.0. The maximum Gasteiger partial charge on any atom is 0.255 e. The molecule has 1 aromatic carbocycles. The van der Waals surface area contributed by atoms with Crippen molar-refractivity contribution in [2.45, 2.75) is 56.8 Å². The predicted octanol–water partition coefficient (Wildman–Crippen LogP) is 1.67. The zero-order valence-electron chi connectivity index (χ0n) is 19.7. The van der Waals surface area contributed by atoms with Crippen LogP contribution in [-0.2, 0) is 22.7 Å². The summed E-state index contributed by atoms with van der Waals surface area (Å²) in [5.74, 6) is -0.204. The third-order valence-corrected chi connectivity index (χ3v) is 8.26. The minimum Gasteiger partial charge on any atom is -0.384 e. The van der Waals surface area contributed by atoms with Crippen molar-refractivity contribution in [1.29, 1.82) is 0 Å². The van der Waals surface area contributed by atoms with Crippen LogP contribution in [0.2, 0.25) is 0 Å². The zero-order valence-corrected chi connectivity index (χ0v) is 19.7. The Labute approximate surface area is 204 Å². The lowest BCUT2D eigenvalue weighted by molar-refractivity contribution is -0.136. The number of carbonyl (C=O) groups excluding carboxylic acids is 3. The standard InChI is InChI=1S/C26H30N6O3/c27-22-6-4-17(14-28-22)15-30-11-8-26(9-12-30)10-13-32(26)20-3-1-2-18-19(20)16-31(25(18)35)21-5-7-23(33)29-24(21)34/h1-4,6,14,21H,5,7-13,15-16H2,(H2,27,28)(H,29,33,34).